The lowest BCUT2D eigenvalue weighted by molar-refractivity contribution is 0.963. The third-order valence-corrected chi connectivity index (χ3v) is 1.40. The molecular weight excluding hydrogens is 192 g/mol. The molecule has 1 heterocycles. The Bertz CT molecular complexity index is 165. The first kappa shape index (κ1) is 9.69. The van der Waals surface area contributed by atoms with Crippen LogP contribution in [0.2, 0.25) is 0 Å². The van der Waals surface area contributed by atoms with Crippen molar-refractivity contribution in [2.24, 2.45) is 0 Å². The predicted octanol–water partition coefficient (Wildman–Crippen LogP) is 2.11. The van der Waals surface area contributed by atoms with E-state index in [-0.39, 0.29) is 17.0 Å². The molecule has 2 nitrogen and oxygen atoms in total. The first-order valence-corrected chi connectivity index (χ1v) is 3.39. The van der Waals surface area contributed by atoms with Crippen molar-refractivity contribution in [2.75, 3.05) is 0 Å². The summed E-state index contributed by atoms with van der Waals surface area (Å²) in [5, 5.41) is 0. The van der Waals surface area contributed by atoms with E-state index in [1.54, 1.807) is 0 Å². The summed E-state index contributed by atoms with van der Waals surface area (Å²) in [7, 11) is 0. The van der Waals surface area contributed by atoms with E-state index in [2.05, 4.69) is 23.8 Å². The Kier molecular flexibility index (Phi) is 4.36. The van der Waals surface area contributed by atoms with Crippen LogP contribution in [0.4, 0.5) is 0 Å². The Balaban J connectivity index is 0.000000810. The van der Waals surface area contributed by atoms with Crippen LogP contribution in [0, 0.1) is 0 Å². The second-order valence-electron chi connectivity index (χ2n) is 2.06. The lowest BCUT2D eigenvalue weighted by Gasteiger charge is -1.85. The number of nitrogens with zero attached hydrogens (tertiary/aromatic N) is 1. The van der Waals surface area contributed by atoms with E-state index in [0.717, 1.165) is 18.7 Å². The lowest BCUT2D eigenvalue weighted by atomic mass is 10.4. The third kappa shape index (κ3) is 2.14. The van der Waals surface area contributed by atoms with Crippen molar-refractivity contribution in [1.29, 1.82) is 0 Å². The summed E-state index contributed by atoms with van der Waals surface area (Å²) in [6.45, 7) is 4.21. The second-order valence-corrected chi connectivity index (χ2v) is 2.06. The quantitative estimate of drug-likeness (QED) is 0.786. The summed E-state index contributed by atoms with van der Waals surface area (Å²) in [5.74, 6) is 1.09. The van der Waals surface area contributed by atoms with Crippen LogP contribution in [0.15, 0.2) is 6.20 Å². The fourth-order valence-electron chi connectivity index (χ4n) is 0.765. The number of nitrogens with one attached hydrogen (secondary N) is 1. The molecule has 0 unspecified atom stereocenters. The molecule has 0 aliphatic carbocycles. The van der Waals surface area contributed by atoms with E-state index >= 15 is 0 Å². The van der Waals surface area contributed by atoms with Gasteiger partial charge in [-0.15, -0.1) is 17.0 Å². The molecule has 0 spiro atoms. The van der Waals surface area contributed by atoms with Crippen LogP contribution >= 0.6 is 17.0 Å². The fraction of sp³-hybridized carbons (Fsp3) is 0.571. The van der Waals surface area contributed by atoms with Gasteiger partial charge in [0.2, 0.25) is 0 Å². The Morgan fingerprint density at radius 1 is 1.40 bits per heavy atom. The van der Waals surface area contributed by atoms with Gasteiger partial charge in [0.1, 0.15) is 5.82 Å². The summed E-state index contributed by atoms with van der Waals surface area (Å²) >= 11 is 0. The molecule has 0 saturated heterocycles. The standard InChI is InChI=1S/C7H12N2.BrH/c1-3-6-5-8-7(4-2)9-6;/h5H,3-4H2,1-2H3,(H,8,9);1H. The van der Waals surface area contributed by atoms with E-state index in [1.807, 2.05) is 6.20 Å². The van der Waals surface area contributed by atoms with Gasteiger partial charge < -0.3 is 4.98 Å². The maximum atomic E-state index is 4.15. The Morgan fingerprint density at radius 3 is 2.40 bits per heavy atom. The largest absolute Gasteiger partial charge is 0.346 e. The van der Waals surface area contributed by atoms with Crippen molar-refractivity contribution < 1.29 is 0 Å². The first-order chi connectivity index (χ1) is 4.36. The zero-order chi connectivity index (χ0) is 6.69. The van der Waals surface area contributed by atoms with Crippen LogP contribution in [-0.4, -0.2) is 9.97 Å². The SMILES string of the molecule is Br.CCc1cnc(CC)[nH]1. The fourth-order valence-corrected chi connectivity index (χ4v) is 0.765. The number of aryl methyl sites for hydroxylation is 2. The van der Waals surface area contributed by atoms with E-state index in [9.17, 15) is 0 Å². The molecule has 1 aromatic rings. The highest BCUT2D eigenvalue weighted by molar-refractivity contribution is 8.93. The van der Waals surface area contributed by atoms with Gasteiger partial charge in [0.25, 0.3) is 0 Å². The Morgan fingerprint density at radius 2 is 2.10 bits per heavy atom. The number of aromatic amines is 1. The average Bonchev–Trinajstić information content (AvgIpc) is 2.34. The number of rotatable bonds is 2. The van der Waals surface area contributed by atoms with E-state index < -0.39 is 0 Å². The molecule has 0 atom stereocenters. The number of hydrogen-bond donors (Lipinski definition) is 1. The maximum absolute atomic E-state index is 4.15. The molecule has 58 valence electrons. The lowest BCUT2D eigenvalue weighted by Crippen LogP contribution is -1.82. The molecule has 0 amide bonds. The number of H-pyrrole nitrogens is 1. The van der Waals surface area contributed by atoms with Gasteiger partial charge in [-0.25, -0.2) is 4.98 Å². The number of imidazole rings is 1. The second kappa shape index (κ2) is 4.50. The summed E-state index contributed by atoms with van der Waals surface area (Å²) in [4.78, 5) is 7.35. The van der Waals surface area contributed by atoms with Gasteiger partial charge in [0.15, 0.2) is 0 Å². The molecule has 0 bridgehead atoms. The van der Waals surface area contributed by atoms with Crippen LogP contribution < -0.4 is 0 Å². The Hall–Kier alpha value is -0.310. The van der Waals surface area contributed by atoms with Crippen molar-refractivity contribution in [3.8, 4) is 0 Å². The molecule has 1 aromatic heterocycles. The minimum absolute atomic E-state index is 0. The van der Waals surface area contributed by atoms with Crippen molar-refractivity contribution in [1.82, 2.24) is 9.97 Å². The molecule has 1 rings (SSSR count). The average molecular weight is 205 g/mol. The van der Waals surface area contributed by atoms with Crippen LogP contribution in [-0.2, 0) is 12.8 Å². The molecule has 10 heavy (non-hydrogen) atoms. The zero-order valence-electron chi connectivity index (χ0n) is 6.35. The van der Waals surface area contributed by atoms with E-state index in [1.165, 1.54) is 5.69 Å². The monoisotopic (exact) mass is 204 g/mol. The summed E-state index contributed by atoms with van der Waals surface area (Å²) in [6.07, 6.45) is 3.95. The molecular formula is C7H13BrN2. The number of halogens is 1. The zero-order valence-corrected chi connectivity index (χ0v) is 8.06. The molecule has 0 radical (unpaired) electrons. The van der Waals surface area contributed by atoms with Crippen LogP contribution in [0.1, 0.15) is 25.4 Å². The summed E-state index contributed by atoms with van der Waals surface area (Å²) in [6, 6.07) is 0. The van der Waals surface area contributed by atoms with Gasteiger partial charge in [-0.1, -0.05) is 13.8 Å². The van der Waals surface area contributed by atoms with Gasteiger partial charge in [-0.05, 0) is 6.42 Å². The number of aromatic nitrogens is 2. The van der Waals surface area contributed by atoms with Crippen LogP contribution in [0.25, 0.3) is 0 Å². The first-order valence-electron chi connectivity index (χ1n) is 3.39. The van der Waals surface area contributed by atoms with Gasteiger partial charge >= 0.3 is 0 Å². The van der Waals surface area contributed by atoms with Crippen molar-refractivity contribution in [3.63, 3.8) is 0 Å². The Labute approximate surface area is 71.8 Å². The maximum Gasteiger partial charge on any atom is 0.105 e. The molecule has 0 saturated carbocycles. The van der Waals surface area contributed by atoms with Gasteiger partial charge in [0.05, 0.1) is 0 Å². The van der Waals surface area contributed by atoms with Gasteiger partial charge in [0, 0.05) is 18.3 Å². The molecule has 0 aliphatic rings. The normalized spacial score (nSPS) is 9.00. The highest BCUT2D eigenvalue weighted by atomic mass is 79.9. The highest BCUT2D eigenvalue weighted by Gasteiger charge is 1.93. The van der Waals surface area contributed by atoms with Crippen LogP contribution in [0.3, 0.4) is 0 Å². The minimum Gasteiger partial charge on any atom is -0.346 e. The smallest absolute Gasteiger partial charge is 0.105 e. The number of hydrogen-bond acceptors (Lipinski definition) is 1. The van der Waals surface area contributed by atoms with Gasteiger partial charge in [-0.3, -0.25) is 0 Å². The summed E-state index contributed by atoms with van der Waals surface area (Å²) in [5.41, 5.74) is 1.23. The molecule has 1 N–H and O–H groups in total. The predicted molar refractivity (Wildman–Crippen MR) is 47.7 cm³/mol. The van der Waals surface area contributed by atoms with Crippen LogP contribution in [0.5, 0.6) is 0 Å². The van der Waals surface area contributed by atoms with Crippen molar-refractivity contribution >= 4 is 17.0 Å². The topological polar surface area (TPSA) is 28.7 Å². The molecule has 0 fully saturated rings. The van der Waals surface area contributed by atoms with E-state index in [0.29, 0.717) is 0 Å². The van der Waals surface area contributed by atoms with E-state index in [4.69, 9.17) is 0 Å². The van der Waals surface area contributed by atoms with Crippen molar-refractivity contribution in [2.45, 2.75) is 26.7 Å². The molecule has 3 heteroatoms. The minimum atomic E-state index is 0. The molecule has 0 aliphatic heterocycles. The molecule has 0 aromatic carbocycles. The third-order valence-electron chi connectivity index (χ3n) is 1.40. The van der Waals surface area contributed by atoms with Gasteiger partial charge in [-0.2, -0.15) is 0 Å². The highest BCUT2D eigenvalue weighted by Crippen LogP contribution is 1.96. The van der Waals surface area contributed by atoms with Crippen molar-refractivity contribution in [3.05, 3.63) is 17.7 Å². The summed E-state index contributed by atoms with van der Waals surface area (Å²) < 4.78 is 0.